The summed E-state index contributed by atoms with van der Waals surface area (Å²) in [6.45, 7) is 12.9. The lowest BCUT2D eigenvalue weighted by Crippen LogP contribution is -2.46. The number of piperazine rings is 1. The molecule has 1 atom stereocenters. The maximum atomic E-state index is 4.62. The van der Waals surface area contributed by atoms with Crippen LogP contribution in [0.25, 0.3) is 0 Å². The lowest BCUT2D eigenvalue weighted by atomic mass is 10.1. The second kappa shape index (κ2) is 13.1. The summed E-state index contributed by atoms with van der Waals surface area (Å²) in [6.07, 6.45) is 4.50. The van der Waals surface area contributed by atoms with E-state index in [-0.39, 0.29) is 30.0 Å². The van der Waals surface area contributed by atoms with Crippen molar-refractivity contribution in [1.82, 2.24) is 20.5 Å². The number of hydrogen-bond donors (Lipinski definition) is 2. The van der Waals surface area contributed by atoms with E-state index in [1.54, 1.807) is 0 Å². The number of nitrogens with one attached hydrogen (secondary N) is 2. The second-order valence-corrected chi connectivity index (χ2v) is 9.02. The molecule has 0 spiro atoms. The first-order valence-electron chi connectivity index (χ1n) is 12.4. The molecule has 0 aliphatic carbocycles. The lowest BCUT2D eigenvalue weighted by molar-refractivity contribution is 0.270. The molecule has 1 unspecified atom stereocenters. The highest BCUT2D eigenvalue weighted by Crippen LogP contribution is 2.24. The van der Waals surface area contributed by atoms with Gasteiger partial charge in [0.1, 0.15) is 5.82 Å². The van der Waals surface area contributed by atoms with Gasteiger partial charge in [0, 0.05) is 64.7 Å². The molecule has 34 heavy (non-hydrogen) atoms. The van der Waals surface area contributed by atoms with E-state index in [2.05, 4.69) is 85.6 Å². The molecule has 2 fully saturated rings. The first-order chi connectivity index (χ1) is 16.2. The fourth-order valence-electron chi connectivity index (χ4n) is 4.67. The van der Waals surface area contributed by atoms with E-state index in [0.717, 1.165) is 57.6 Å². The van der Waals surface area contributed by atoms with Crippen molar-refractivity contribution in [3.63, 3.8) is 0 Å². The first-order valence-corrected chi connectivity index (χ1v) is 12.4. The summed E-state index contributed by atoms with van der Waals surface area (Å²) >= 11 is 0. The summed E-state index contributed by atoms with van der Waals surface area (Å²) in [6, 6.07) is 13.3. The zero-order valence-corrected chi connectivity index (χ0v) is 23.2. The molecule has 2 N–H and O–H groups in total. The Balaban J connectivity index is 0.00000324. The Bertz CT molecular complexity index is 921. The fraction of sp³-hybridized carbons (Fsp3) is 0.538. The number of guanidine groups is 1. The Hall–Kier alpha value is -2.07. The molecule has 8 heteroatoms. The molecule has 0 amide bonds. The molecular weight excluding hydrogens is 537 g/mol. The lowest BCUT2D eigenvalue weighted by Gasteiger charge is -2.34. The minimum absolute atomic E-state index is 0. The van der Waals surface area contributed by atoms with Gasteiger partial charge < -0.3 is 25.3 Å². The van der Waals surface area contributed by atoms with Crippen molar-refractivity contribution in [2.75, 3.05) is 62.7 Å². The third-order valence-electron chi connectivity index (χ3n) is 6.83. The standard InChI is InChI=1S/C26H39N7.HI/c1-4-31-14-16-33(17-15-31)25-18-22(10-11-28-25)20-29-26(27-3)30-21(2)23-8-7-9-24(19-23)32-12-5-6-13-32;/h7-11,18-19,21H,4-6,12-17,20H2,1-3H3,(H2,27,29,30);1H. The number of aliphatic imine (C=N–C) groups is 1. The van der Waals surface area contributed by atoms with Gasteiger partial charge >= 0.3 is 0 Å². The van der Waals surface area contributed by atoms with Crippen molar-refractivity contribution < 1.29 is 0 Å². The minimum atomic E-state index is 0. The van der Waals surface area contributed by atoms with E-state index in [0.29, 0.717) is 6.54 Å². The molecule has 7 nitrogen and oxygen atoms in total. The van der Waals surface area contributed by atoms with E-state index < -0.39 is 0 Å². The fourth-order valence-corrected chi connectivity index (χ4v) is 4.67. The minimum Gasteiger partial charge on any atom is -0.372 e. The molecule has 2 aliphatic rings. The Kier molecular flexibility index (Phi) is 10.2. The third-order valence-corrected chi connectivity index (χ3v) is 6.83. The molecule has 4 rings (SSSR count). The van der Waals surface area contributed by atoms with Gasteiger partial charge in [-0.15, -0.1) is 24.0 Å². The van der Waals surface area contributed by atoms with Crippen molar-refractivity contribution in [3.8, 4) is 0 Å². The number of benzene rings is 1. The van der Waals surface area contributed by atoms with Crippen LogP contribution >= 0.6 is 24.0 Å². The number of pyridine rings is 1. The van der Waals surface area contributed by atoms with Gasteiger partial charge in [-0.25, -0.2) is 4.98 Å². The molecule has 1 aromatic heterocycles. The summed E-state index contributed by atoms with van der Waals surface area (Å²) in [7, 11) is 1.83. The molecule has 1 aromatic carbocycles. The van der Waals surface area contributed by atoms with Crippen LogP contribution in [-0.4, -0.2) is 68.7 Å². The number of hydrogen-bond acceptors (Lipinski definition) is 5. The third kappa shape index (κ3) is 6.97. The largest absolute Gasteiger partial charge is 0.372 e. The number of anilines is 2. The average Bonchev–Trinajstić information content (AvgIpc) is 3.42. The van der Waals surface area contributed by atoms with E-state index in [9.17, 15) is 0 Å². The smallest absolute Gasteiger partial charge is 0.191 e. The van der Waals surface area contributed by atoms with E-state index in [1.807, 2.05) is 13.2 Å². The van der Waals surface area contributed by atoms with Crippen LogP contribution in [0.2, 0.25) is 0 Å². The normalized spacial score (nSPS) is 17.9. The van der Waals surface area contributed by atoms with Crippen LogP contribution in [0.3, 0.4) is 0 Å². The number of rotatable bonds is 7. The van der Waals surface area contributed by atoms with Crippen molar-refractivity contribution in [1.29, 1.82) is 0 Å². The number of aromatic nitrogens is 1. The predicted octanol–water partition coefficient (Wildman–Crippen LogP) is 3.87. The van der Waals surface area contributed by atoms with E-state index in [1.165, 1.54) is 29.7 Å². The Morgan fingerprint density at radius 3 is 2.50 bits per heavy atom. The molecule has 0 saturated carbocycles. The highest BCUT2D eigenvalue weighted by Gasteiger charge is 2.17. The van der Waals surface area contributed by atoms with Gasteiger partial charge in [0.2, 0.25) is 0 Å². The van der Waals surface area contributed by atoms with Crippen molar-refractivity contribution in [3.05, 3.63) is 53.7 Å². The Morgan fingerprint density at radius 2 is 1.79 bits per heavy atom. The van der Waals surface area contributed by atoms with Crippen LogP contribution in [-0.2, 0) is 6.54 Å². The van der Waals surface area contributed by atoms with Crippen LogP contribution in [0.4, 0.5) is 11.5 Å². The van der Waals surface area contributed by atoms with Crippen LogP contribution in [0, 0.1) is 0 Å². The van der Waals surface area contributed by atoms with Crippen molar-refractivity contribution in [2.24, 2.45) is 4.99 Å². The number of nitrogens with zero attached hydrogens (tertiary/aromatic N) is 5. The number of likely N-dealkylation sites (N-methyl/N-ethyl adjacent to an activating group) is 1. The van der Waals surface area contributed by atoms with Gasteiger partial charge in [-0.3, -0.25) is 4.99 Å². The van der Waals surface area contributed by atoms with Gasteiger partial charge in [0.05, 0.1) is 6.04 Å². The number of halogens is 1. The predicted molar refractivity (Wildman–Crippen MR) is 154 cm³/mol. The molecule has 186 valence electrons. The summed E-state index contributed by atoms with van der Waals surface area (Å²) in [4.78, 5) is 16.4. The summed E-state index contributed by atoms with van der Waals surface area (Å²) in [5.41, 5.74) is 3.81. The Morgan fingerprint density at radius 1 is 1.03 bits per heavy atom. The molecule has 2 aliphatic heterocycles. The van der Waals surface area contributed by atoms with Crippen LogP contribution in [0.15, 0.2) is 47.6 Å². The van der Waals surface area contributed by atoms with Crippen LogP contribution < -0.4 is 20.4 Å². The van der Waals surface area contributed by atoms with Gasteiger partial charge in [0.25, 0.3) is 0 Å². The van der Waals surface area contributed by atoms with Gasteiger partial charge in [-0.05, 0) is 61.7 Å². The maximum Gasteiger partial charge on any atom is 0.191 e. The van der Waals surface area contributed by atoms with E-state index in [4.69, 9.17) is 0 Å². The molecule has 2 aromatic rings. The maximum absolute atomic E-state index is 4.62. The highest BCUT2D eigenvalue weighted by atomic mass is 127. The van der Waals surface area contributed by atoms with Gasteiger partial charge in [-0.1, -0.05) is 19.1 Å². The van der Waals surface area contributed by atoms with Gasteiger partial charge in [0.15, 0.2) is 5.96 Å². The highest BCUT2D eigenvalue weighted by molar-refractivity contribution is 14.0. The summed E-state index contributed by atoms with van der Waals surface area (Å²) < 4.78 is 0. The Labute approximate surface area is 222 Å². The zero-order valence-electron chi connectivity index (χ0n) is 20.8. The monoisotopic (exact) mass is 577 g/mol. The zero-order chi connectivity index (χ0) is 23.0. The van der Waals surface area contributed by atoms with E-state index >= 15 is 0 Å². The molecule has 0 radical (unpaired) electrons. The topological polar surface area (TPSA) is 59.0 Å². The molecule has 0 bridgehead atoms. The quantitative estimate of drug-likeness (QED) is 0.296. The summed E-state index contributed by atoms with van der Waals surface area (Å²) in [5, 5.41) is 7.03. The second-order valence-electron chi connectivity index (χ2n) is 9.02. The van der Waals surface area contributed by atoms with Crippen LogP contribution in [0.5, 0.6) is 0 Å². The van der Waals surface area contributed by atoms with Crippen LogP contribution in [0.1, 0.15) is 43.9 Å². The van der Waals surface area contributed by atoms with Gasteiger partial charge in [-0.2, -0.15) is 0 Å². The first kappa shape index (κ1) is 26.5. The SMILES string of the molecule is CCN1CCN(c2cc(CNC(=NC)NC(C)c3cccc(N4CCCC4)c3)ccn2)CC1.I. The van der Waals surface area contributed by atoms with Crippen molar-refractivity contribution >= 4 is 41.4 Å². The average molecular weight is 578 g/mol. The molecular formula is C26H40IN7. The molecule has 3 heterocycles. The summed E-state index contributed by atoms with van der Waals surface area (Å²) in [5.74, 6) is 1.88. The van der Waals surface area contributed by atoms with Crippen molar-refractivity contribution in [2.45, 2.75) is 39.3 Å². The molecule has 2 saturated heterocycles.